The van der Waals surface area contributed by atoms with Crippen LogP contribution < -0.4 is 10.2 Å². The fourth-order valence-electron chi connectivity index (χ4n) is 3.15. The van der Waals surface area contributed by atoms with Crippen LogP contribution in [0.2, 0.25) is 5.02 Å². The van der Waals surface area contributed by atoms with Crippen LogP contribution in [-0.4, -0.2) is 16.0 Å². The Balaban J connectivity index is 1.66. The number of anilines is 4. The number of aromatic nitrogens is 2. The predicted molar refractivity (Wildman–Crippen MR) is 98.5 cm³/mol. The van der Waals surface area contributed by atoms with Crippen LogP contribution in [0.5, 0.6) is 0 Å². The summed E-state index contributed by atoms with van der Waals surface area (Å²) in [5.74, 6) is 1.46. The van der Waals surface area contributed by atoms with E-state index in [2.05, 4.69) is 51.4 Å². The number of nitrogens with one attached hydrogen (secondary N) is 1. The summed E-state index contributed by atoms with van der Waals surface area (Å²) in [4.78, 5) is 11.3. The standard InChI is InChI=1S/C19H17ClN4/c1-13-11-14-5-2-3-8-17(14)24(13)18-9-10-21-19(23-18)22-16-7-4-6-15(20)12-16/h2-10,12-13H,11H2,1H3,(H,21,22,23). The average Bonchev–Trinajstić information content (AvgIpc) is 2.91. The lowest BCUT2D eigenvalue weighted by molar-refractivity contribution is 0.749. The van der Waals surface area contributed by atoms with E-state index >= 15 is 0 Å². The van der Waals surface area contributed by atoms with Crippen molar-refractivity contribution in [3.8, 4) is 0 Å². The summed E-state index contributed by atoms with van der Waals surface area (Å²) in [6.45, 7) is 2.21. The van der Waals surface area contributed by atoms with Crippen LogP contribution in [0.25, 0.3) is 0 Å². The zero-order chi connectivity index (χ0) is 16.5. The third-order valence-electron chi connectivity index (χ3n) is 4.18. The van der Waals surface area contributed by atoms with Crippen LogP contribution in [0.1, 0.15) is 12.5 Å². The van der Waals surface area contributed by atoms with Gasteiger partial charge >= 0.3 is 0 Å². The highest BCUT2D eigenvalue weighted by Gasteiger charge is 2.27. The van der Waals surface area contributed by atoms with E-state index in [1.807, 2.05) is 30.3 Å². The lowest BCUT2D eigenvalue weighted by atomic mass is 10.1. The van der Waals surface area contributed by atoms with Gasteiger partial charge in [0, 0.05) is 28.6 Å². The van der Waals surface area contributed by atoms with E-state index in [1.165, 1.54) is 11.3 Å². The Kier molecular flexibility index (Phi) is 3.82. The van der Waals surface area contributed by atoms with Gasteiger partial charge in [0.2, 0.25) is 5.95 Å². The number of hydrogen-bond acceptors (Lipinski definition) is 4. The highest BCUT2D eigenvalue weighted by atomic mass is 35.5. The first-order chi connectivity index (χ1) is 11.7. The monoisotopic (exact) mass is 336 g/mol. The molecule has 24 heavy (non-hydrogen) atoms. The van der Waals surface area contributed by atoms with E-state index in [0.717, 1.165) is 17.9 Å². The van der Waals surface area contributed by atoms with Gasteiger partial charge in [0.15, 0.2) is 0 Å². The summed E-state index contributed by atoms with van der Waals surface area (Å²) in [6.07, 6.45) is 2.81. The molecule has 1 atom stereocenters. The first-order valence-electron chi connectivity index (χ1n) is 7.93. The first-order valence-corrected chi connectivity index (χ1v) is 8.31. The van der Waals surface area contributed by atoms with Crippen molar-refractivity contribution in [3.05, 3.63) is 71.4 Å². The Bertz CT molecular complexity index is 881. The number of nitrogens with zero attached hydrogens (tertiary/aromatic N) is 3. The fraction of sp³-hybridized carbons (Fsp3) is 0.158. The second-order valence-corrected chi connectivity index (χ2v) is 6.36. The van der Waals surface area contributed by atoms with Gasteiger partial charge in [-0.3, -0.25) is 0 Å². The summed E-state index contributed by atoms with van der Waals surface area (Å²) in [6, 6.07) is 18.3. The second-order valence-electron chi connectivity index (χ2n) is 5.93. The van der Waals surface area contributed by atoms with Gasteiger partial charge in [-0.15, -0.1) is 0 Å². The van der Waals surface area contributed by atoms with Crippen molar-refractivity contribution in [2.24, 2.45) is 0 Å². The Morgan fingerprint density at radius 2 is 2.00 bits per heavy atom. The van der Waals surface area contributed by atoms with Gasteiger partial charge in [0.05, 0.1) is 0 Å². The van der Waals surface area contributed by atoms with Crippen LogP contribution >= 0.6 is 11.6 Å². The van der Waals surface area contributed by atoms with Crippen molar-refractivity contribution in [1.29, 1.82) is 0 Å². The summed E-state index contributed by atoms with van der Waals surface area (Å²) in [5, 5.41) is 3.89. The highest BCUT2D eigenvalue weighted by molar-refractivity contribution is 6.30. The molecule has 2 heterocycles. The van der Waals surface area contributed by atoms with Gasteiger partial charge in [0.1, 0.15) is 5.82 Å². The van der Waals surface area contributed by atoms with Gasteiger partial charge in [-0.1, -0.05) is 35.9 Å². The molecular formula is C19H17ClN4. The molecule has 1 aromatic heterocycles. The van der Waals surface area contributed by atoms with Crippen molar-refractivity contribution in [2.45, 2.75) is 19.4 Å². The van der Waals surface area contributed by atoms with Gasteiger partial charge in [0.25, 0.3) is 0 Å². The number of para-hydroxylation sites is 1. The van der Waals surface area contributed by atoms with Crippen molar-refractivity contribution >= 4 is 34.7 Å². The highest BCUT2D eigenvalue weighted by Crippen LogP contribution is 2.37. The van der Waals surface area contributed by atoms with E-state index in [-0.39, 0.29) is 0 Å². The predicted octanol–water partition coefficient (Wildman–Crippen LogP) is 4.96. The maximum atomic E-state index is 6.03. The van der Waals surface area contributed by atoms with E-state index in [0.29, 0.717) is 17.0 Å². The van der Waals surface area contributed by atoms with Crippen LogP contribution in [0.3, 0.4) is 0 Å². The smallest absolute Gasteiger partial charge is 0.229 e. The Morgan fingerprint density at radius 3 is 2.88 bits per heavy atom. The van der Waals surface area contributed by atoms with E-state index in [4.69, 9.17) is 11.6 Å². The molecule has 1 N–H and O–H groups in total. The third-order valence-corrected chi connectivity index (χ3v) is 4.41. The average molecular weight is 337 g/mol. The summed E-state index contributed by atoms with van der Waals surface area (Å²) < 4.78 is 0. The van der Waals surface area contributed by atoms with Crippen LogP contribution in [-0.2, 0) is 6.42 Å². The van der Waals surface area contributed by atoms with Crippen LogP contribution in [0, 0.1) is 0 Å². The molecule has 0 fully saturated rings. The molecule has 2 aromatic carbocycles. The molecule has 4 rings (SSSR count). The van der Waals surface area contributed by atoms with Gasteiger partial charge in [-0.25, -0.2) is 4.98 Å². The van der Waals surface area contributed by atoms with Gasteiger partial charge in [-0.05, 0) is 49.2 Å². The fourth-order valence-corrected chi connectivity index (χ4v) is 3.34. The molecule has 1 unspecified atom stereocenters. The van der Waals surface area contributed by atoms with E-state index in [9.17, 15) is 0 Å². The second kappa shape index (κ2) is 6.13. The summed E-state index contributed by atoms with van der Waals surface area (Å²) in [5.41, 5.74) is 3.44. The maximum Gasteiger partial charge on any atom is 0.229 e. The first kappa shape index (κ1) is 15.0. The van der Waals surface area contributed by atoms with Crippen molar-refractivity contribution < 1.29 is 0 Å². The number of rotatable bonds is 3. The SMILES string of the molecule is CC1Cc2ccccc2N1c1ccnc(Nc2cccc(Cl)c2)n1. The topological polar surface area (TPSA) is 41.1 Å². The maximum absolute atomic E-state index is 6.03. The molecule has 0 radical (unpaired) electrons. The number of benzene rings is 2. The summed E-state index contributed by atoms with van der Waals surface area (Å²) >= 11 is 6.03. The minimum atomic E-state index is 0.372. The molecule has 0 aliphatic carbocycles. The lowest BCUT2D eigenvalue weighted by Crippen LogP contribution is -2.25. The number of halogens is 1. The van der Waals surface area contributed by atoms with Crippen LogP contribution in [0.15, 0.2) is 60.8 Å². The zero-order valence-corrected chi connectivity index (χ0v) is 14.0. The summed E-state index contributed by atoms with van der Waals surface area (Å²) in [7, 11) is 0. The quantitative estimate of drug-likeness (QED) is 0.734. The molecule has 120 valence electrons. The molecule has 3 aromatic rings. The normalized spacial score (nSPS) is 16.1. The molecule has 4 nitrogen and oxygen atoms in total. The minimum absolute atomic E-state index is 0.372. The lowest BCUT2D eigenvalue weighted by Gasteiger charge is -2.24. The Morgan fingerprint density at radius 1 is 1.12 bits per heavy atom. The molecular weight excluding hydrogens is 320 g/mol. The number of fused-ring (bicyclic) bond motifs is 1. The number of hydrogen-bond donors (Lipinski definition) is 1. The minimum Gasteiger partial charge on any atom is -0.324 e. The molecule has 0 saturated carbocycles. The van der Waals surface area contributed by atoms with Crippen molar-refractivity contribution in [3.63, 3.8) is 0 Å². The molecule has 5 heteroatoms. The Labute approximate surface area is 146 Å². The van der Waals surface area contributed by atoms with E-state index < -0.39 is 0 Å². The van der Waals surface area contributed by atoms with Crippen molar-refractivity contribution in [2.75, 3.05) is 10.2 Å². The van der Waals surface area contributed by atoms with Crippen molar-refractivity contribution in [1.82, 2.24) is 9.97 Å². The van der Waals surface area contributed by atoms with Gasteiger partial charge < -0.3 is 10.2 Å². The largest absolute Gasteiger partial charge is 0.324 e. The molecule has 0 amide bonds. The Hall–Kier alpha value is -2.59. The van der Waals surface area contributed by atoms with E-state index in [1.54, 1.807) is 6.20 Å². The molecule has 1 aliphatic heterocycles. The molecule has 0 saturated heterocycles. The molecule has 1 aliphatic rings. The third kappa shape index (κ3) is 2.81. The van der Waals surface area contributed by atoms with Crippen LogP contribution in [0.4, 0.5) is 23.1 Å². The van der Waals surface area contributed by atoms with Gasteiger partial charge in [-0.2, -0.15) is 4.98 Å². The zero-order valence-electron chi connectivity index (χ0n) is 13.3. The molecule has 0 spiro atoms. The molecule has 0 bridgehead atoms.